The summed E-state index contributed by atoms with van der Waals surface area (Å²) in [4.78, 5) is 35.6. The first kappa shape index (κ1) is 28.7. The van der Waals surface area contributed by atoms with Gasteiger partial charge in [-0.2, -0.15) is 13.2 Å². The first-order valence-electron chi connectivity index (χ1n) is 11.7. The van der Waals surface area contributed by atoms with E-state index in [1.54, 1.807) is 6.92 Å². The summed E-state index contributed by atoms with van der Waals surface area (Å²) in [5, 5.41) is 13.7. The molecule has 37 heavy (non-hydrogen) atoms. The van der Waals surface area contributed by atoms with Crippen LogP contribution in [-0.2, 0) is 0 Å². The molecule has 2 unspecified atom stereocenters. The first-order valence-corrected chi connectivity index (χ1v) is 12.5. The molecule has 3 atom stereocenters. The monoisotopic (exact) mass is 549 g/mol. The van der Waals surface area contributed by atoms with Crippen LogP contribution in [0.5, 0.6) is 0 Å². The Morgan fingerprint density at radius 1 is 1.32 bits per heavy atom. The highest BCUT2D eigenvalue weighted by molar-refractivity contribution is 7.17. The number of aliphatic hydroxyl groups is 1. The Bertz CT molecular complexity index is 1130. The van der Waals surface area contributed by atoms with Gasteiger partial charge in [-0.1, -0.05) is 6.92 Å². The summed E-state index contributed by atoms with van der Waals surface area (Å²) < 4.78 is 67.8. The third-order valence-electron chi connectivity index (χ3n) is 6.03. The molecule has 204 valence electrons. The van der Waals surface area contributed by atoms with Gasteiger partial charge in [0.2, 0.25) is 0 Å². The fraction of sp³-hybridized carbons (Fsp3) is 0.565. The second-order valence-electron chi connectivity index (χ2n) is 8.85. The predicted molar refractivity (Wildman–Crippen MR) is 128 cm³/mol. The minimum Gasteiger partial charge on any atom is -0.394 e. The Labute approximate surface area is 214 Å². The lowest BCUT2D eigenvalue weighted by Gasteiger charge is -2.22. The molecule has 1 aliphatic heterocycles. The number of hydrogen-bond donors (Lipinski definition) is 3. The standard InChI is InChI=1S/C23H28F5N5O3S/c1-4-15(23(26,27)28)31-16-8-13(19(24)25)14(9-29-16)18-17(22(36)33-7-5-6-12(33)3)32-21(37-18)20(35)30-11(2)10-34/h8-9,11-12,15,19,34H,4-7,10H2,1-3H3,(H,29,31)(H,30,35)/t11?,12-,15?/m0/s1. The molecule has 8 nitrogen and oxygen atoms in total. The molecule has 2 aromatic rings. The van der Waals surface area contributed by atoms with E-state index >= 15 is 0 Å². The number of pyridine rings is 1. The quantitative estimate of drug-likeness (QED) is 0.394. The average molecular weight is 550 g/mol. The molecular weight excluding hydrogens is 521 g/mol. The molecule has 1 saturated heterocycles. The van der Waals surface area contributed by atoms with Crippen molar-refractivity contribution in [3.8, 4) is 10.4 Å². The maximum Gasteiger partial charge on any atom is 0.408 e. The number of carbonyl (C=O) groups excluding carboxylic acids is 2. The molecule has 1 fully saturated rings. The fourth-order valence-corrected chi connectivity index (χ4v) is 4.95. The van der Waals surface area contributed by atoms with Crippen LogP contribution in [0.1, 0.15) is 72.3 Å². The van der Waals surface area contributed by atoms with E-state index in [0.29, 0.717) is 17.9 Å². The van der Waals surface area contributed by atoms with Crippen LogP contribution in [0.25, 0.3) is 10.4 Å². The lowest BCUT2D eigenvalue weighted by Crippen LogP contribution is -2.36. The minimum absolute atomic E-state index is 0.0388. The zero-order chi connectivity index (χ0) is 27.5. The van der Waals surface area contributed by atoms with Crippen molar-refractivity contribution in [1.29, 1.82) is 0 Å². The number of thiazole rings is 1. The number of anilines is 1. The van der Waals surface area contributed by atoms with E-state index in [9.17, 15) is 36.6 Å². The number of carbonyl (C=O) groups is 2. The van der Waals surface area contributed by atoms with Crippen LogP contribution in [0.3, 0.4) is 0 Å². The number of nitrogens with one attached hydrogen (secondary N) is 2. The maximum atomic E-state index is 14.1. The molecule has 0 spiro atoms. The van der Waals surface area contributed by atoms with Crippen LogP contribution < -0.4 is 10.6 Å². The van der Waals surface area contributed by atoms with Gasteiger partial charge >= 0.3 is 6.18 Å². The smallest absolute Gasteiger partial charge is 0.394 e. The highest BCUT2D eigenvalue weighted by atomic mass is 32.1. The van der Waals surface area contributed by atoms with Crippen molar-refractivity contribution in [2.24, 2.45) is 0 Å². The third kappa shape index (κ3) is 6.53. The number of aromatic nitrogens is 2. The zero-order valence-electron chi connectivity index (χ0n) is 20.4. The molecule has 0 bridgehead atoms. The van der Waals surface area contributed by atoms with Crippen LogP contribution in [0.2, 0.25) is 0 Å². The second kappa shape index (κ2) is 11.7. The Hall–Kier alpha value is -2.87. The molecule has 14 heteroatoms. The highest BCUT2D eigenvalue weighted by Crippen LogP contribution is 2.39. The number of likely N-dealkylation sites (tertiary alicyclic amines) is 1. The molecule has 3 heterocycles. The van der Waals surface area contributed by atoms with Gasteiger partial charge < -0.3 is 20.6 Å². The van der Waals surface area contributed by atoms with Crippen molar-refractivity contribution in [3.05, 3.63) is 28.5 Å². The molecule has 0 radical (unpaired) electrons. The topological polar surface area (TPSA) is 107 Å². The summed E-state index contributed by atoms with van der Waals surface area (Å²) in [5.74, 6) is -1.65. The van der Waals surface area contributed by atoms with E-state index in [1.807, 2.05) is 6.92 Å². The Morgan fingerprint density at radius 3 is 2.57 bits per heavy atom. The van der Waals surface area contributed by atoms with E-state index in [1.165, 1.54) is 11.8 Å². The predicted octanol–water partition coefficient (Wildman–Crippen LogP) is 4.63. The maximum absolute atomic E-state index is 14.1. The van der Waals surface area contributed by atoms with Crippen molar-refractivity contribution in [2.45, 2.75) is 70.8 Å². The van der Waals surface area contributed by atoms with Gasteiger partial charge in [-0.25, -0.2) is 18.7 Å². The fourth-order valence-electron chi connectivity index (χ4n) is 3.96. The van der Waals surface area contributed by atoms with E-state index < -0.39 is 47.9 Å². The highest BCUT2D eigenvalue weighted by Gasteiger charge is 2.39. The molecule has 0 aliphatic carbocycles. The molecule has 2 amide bonds. The summed E-state index contributed by atoms with van der Waals surface area (Å²) >= 11 is 0.696. The summed E-state index contributed by atoms with van der Waals surface area (Å²) in [6.07, 6.45) is -5.62. The van der Waals surface area contributed by atoms with Crippen LogP contribution in [-0.4, -0.2) is 69.2 Å². The van der Waals surface area contributed by atoms with Gasteiger partial charge in [0.05, 0.1) is 11.5 Å². The Kier molecular flexibility index (Phi) is 9.05. The first-order chi connectivity index (χ1) is 17.4. The molecule has 3 N–H and O–H groups in total. The van der Waals surface area contributed by atoms with Crippen molar-refractivity contribution >= 4 is 29.0 Å². The average Bonchev–Trinajstić information content (AvgIpc) is 3.47. The number of amides is 2. The van der Waals surface area contributed by atoms with Crippen LogP contribution >= 0.6 is 11.3 Å². The van der Waals surface area contributed by atoms with Crippen LogP contribution in [0, 0.1) is 0 Å². The van der Waals surface area contributed by atoms with Crippen molar-refractivity contribution in [1.82, 2.24) is 20.2 Å². The summed E-state index contributed by atoms with van der Waals surface area (Å²) in [6.45, 7) is 4.75. The molecule has 0 saturated carbocycles. The molecular formula is C23H28F5N5O3S. The van der Waals surface area contributed by atoms with E-state index in [4.69, 9.17) is 0 Å². The molecule has 1 aliphatic rings. The van der Waals surface area contributed by atoms with Crippen molar-refractivity contribution in [2.75, 3.05) is 18.5 Å². The molecule has 2 aromatic heterocycles. The van der Waals surface area contributed by atoms with E-state index in [-0.39, 0.29) is 40.2 Å². The van der Waals surface area contributed by atoms with Crippen LogP contribution in [0.4, 0.5) is 27.8 Å². The number of halogens is 5. The SMILES string of the molecule is CCC(Nc1cc(C(F)F)c(-c2sc(C(=O)NC(C)CO)nc2C(=O)N2CCC[C@@H]2C)cn1)C(F)(F)F. The number of aliphatic hydroxyl groups excluding tert-OH is 1. The van der Waals surface area contributed by atoms with E-state index in [0.717, 1.165) is 25.1 Å². The Morgan fingerprint density at radius 2 is 2.03 bits per heavy atom. The van der Waals surface area contributed by atoms with Crippen molar-refractivity contribution < 1.29 is 36.6 Å². The van der Waals surface area contributed by atoms with Crippen molar-refractivity contribution in [3.63, 3.8) is 0 Å². The van der Waals surface area contributed by atoms with Gasteiger partial charge in [0.1, 0.15) is 17.6 Å². The lowest BCUT2D eigenvalue weighted by molar-refractivity contribution is -0.142. The molecule has 3 rings (SSSR count). The van der Waals surface area contributed by atoms with Gasteiger partial charge in [-0.05, 0) is 39.2 Å². The Balaban J connectivity index is 2.09. The third-order valence-corrected chi connectivity index (χ3v) is 7.12. The van der Waals surface area contributed by atoms with Gasteiger partial charge in [0, 0.05) is 36.0 Å². The minimum atomic E-state index is -4.61. The van der Waals surface area contributed by atoms with Gasteiger partial charge in [-0.3, -0.25) is 9.59 Å². The van der Waals surface area contributed by atoms with Gasteiger partial charge in [0.15, 0.2) is 5.01 Å². The summed E-state index contributed by atoms with van der Waals surface area (Å²) in [5.41, 5.74) is -1.08. The largest absolute Gasteiger partial charge is 0.408 e. The number of alkyl halides is 5. The van der Waals surface area contributed by atoms with E-state index in [2.05, 4.69) is 20.6 Å². The summed E-state index contributed by atoms with van der Waals surface area (Å²) in [7, 11) is 0. The zero-order valence-corrected chi connectivity index (χ0v) is 21.2. The normalized spacial score (nSPS) is 17.7. The van der Waals surface area contributed by atoms with Gasteiger partial charge in [-0.15, -0.1) is 11.3 Å². The summed E-state index contributed by atoms with van der Waals surface area (Å²) in [6, 6.07) is -1.92. The molecule has 0 aromatic carbocycles. The lowest BCUT2D eigenvalue weighted by atomic mass is 10.1. The second-order valence-corrected chi connectivity index (χ2v) is 9.85. The number of hydrogen-bond acceptors (Lipinski definition) is 7. The number of rotatable bonds is 9. The van der Waals surface area contributed by atoms with Gasteiger partial charge in [0.25, 0.3) is 18.2 Å². The number of nitrogens with zero attached hydrogens (tertiary/aromatic N) is 3. The van der Waals surface area contributed by atoms with Crippen LogP contribution in [0.15, 0.2) is 12.3 Å².